The number of methoxy groups -OCH3 is 1. The van der Waals surface area contributed by atoms with Gasteiger partial charge < -0.3 is 10.1 Å². The molecule has 0 radical (unpaired) electrons. The van der Waals surface area contributed by atoms with Crippen molar-refractivity contribution < 1.29 is 4.74 Å². The lowest BCUT2D eigenvalue weighted by atomic mass is 10.2. The van der Waals surface area contributed by atoms with Gasteiger partial charge in [0.2, 0.25) is 0 Å². The number of aromatic nitrogens is 1. The molecule has 72 valence electrons. The number of para-hydroxylation sites is 1. The molecule has 0 unspecified atom stereocenters. The first-order valence-corrected chi connectivity index (χ1v) is 4.46. The van der Waals surface area contributed by atoms with Crippen LogP contribution in [0, 0.1) is 0 Å². The van der Waals surface area contributed by atoms with Gasteiger partial charge >= 0.3 is 0 Å². The molecule has 0 saturated heterocycles. The van der Waals surface area contributed by atoms with E-state index >= 15 is 0 Å². The number of rotatable bonds is 2. The van der Waals surface area contributed by atoms with Crippen LogP contribution >= 0.6 is 0 Å². The molecule has 3 nitrogen and oxygen atoms in total. The zero-order valence-corrected chi connectivity index (χ0v) is 8.24. The molecule has 0 spiro atoms. The molecule has 1 aromatic carbocycles. The fourth-order valence-corrected chi connectivity index (χ4v) is 1.53. The van der Waals surface area contributed by atoms with Gasteiger partial charge in [0.25, 0.3) is 0 Å². The fraction of sp³-hybridized carbons (Fsp3) is 0.182. The highest BCUT2D eigenvalue weighted by molar-refractivity contribution is 5.94. The second-order valence-electron chi connectivity index (χ2n) is 2.96. The number of ether oxygens (including phenoxy) is 1. The van der Waals surface area contributed by atoms with Gasteiger partial charge in [-0.1, -0.05) is 12.1 Å². The van der Waals surface area contributed by atoms with E-state index in [9.17, 15) is 0 Å². The Labute approximate surface area is 82.7 Å². The van der Waals surface area contributed by atoms with Crippen molar-refractivity contribution in [3.8, 4) is 5.75 Å². The SMILES string of the molecule is CNc1ccnc2c(OC)cccc12. The number of fused-ring (bicyclic) bond motifs is 1. The van der Waals surface area contributed by atoms with Crippen LogP contribution in [-0.4, -0.2) is 19.1 Å². The molecule has 3 heteroatoms. The number of benzene rings is 1. The maximum atomic E-state index is 5.24. The Bertz CT molecular complexity index is 411. The van der Waals surface area contributed by atoms with Crippen LogP contribution in [-0.2, 0) is 0 Å². The minimum absolute atomic E-state index is 0.805. The highest BCUT2D eigenvalue weighted by Gasteiger charge is 2.04. The van der Waals surface area contributed by atoms with Gasteiger partial charge in [0.05, 0.1) is 7.11 Å². The van der Waals surface area contributed by atoms with Gasteiger partial charge in [0.15, 0.2) is 0 Å². The summed E-state index contributed by atoms with van der Waals surface area (Å²) in [4.78, 5) is 4.30. The first kappa shape index (κ1) is 8.81. The van der Waals surface area contributed by atoms with Gasteiger partial charge in [-0.25, -0.2) is 0 Å². The molecule has 0 bridgehead atoms. The molecule has 1 heterocycles. The van der Waals surface area contributed by atoms with Crippen molar-refractivity contribution in [3.05, 3.63) is 30.5 Å². The average molecular weight is 188 g/mol. The molecule has 0 atom stereocenters. The van der Waals surface area contributed by atoms with Crippen molar-refractivity contribution in [2.24, 2.45) is 0 Å². The molecule has 1 N–H and O–H groups in total. The maximum absolute atomic E-state index is 5.24. The average Bonchev–Trinajstić information content (AvgIpc) is 2.27. The van der Waals surface area contributed by atoms with E-state index in [0.717, 1.165) is 22.3 Å². The number of hydrogen-bond donors (Lipinski definition) is 1. The second kappa shape index (κ2) is 3.54. The van der Waals surface area contributed by atoms with Crippen LogP contribution in [0.1, 0.15) is 0 Å². The summed E-state index contributed by atoms with van der Waals surface area (Å²) in [6, 6.07) is 7.84. The first-order valence-electron chi connectivity index (χ1n) is 4.46. The van der Waals surface area contributed by atoms with E-state index in [1.807, 2.05) is 31.3 Å². The lowest BCUT2D eigenvalue weighted by Crippen LogP contribution is -1.92. The summed E-state index contributed by atoms with van der Waals surface area (Å²) in [7, 11) is 3.55. The fourth-order valence-electron chi connectivity index (χ4n) is 1.53. The Hall–Kier alpha value is -1.77. The monoisotopic (exact) mass is 188 g/mol. The molecule has 14 heavy (non-hydrogen) atoms. The van der Waals surface area contributed by atoms with Crippen LogP contribution < -0.4 is 10.1 Å². The summed E-state index contributed by atoms with van der Waals surface area (Å²) in [5.41, 5.74) is 1.95. The summed E-state index contributed by atoms with van der Waals surface area (Å²) in [5, 5.41) is 4.20. The summed E-state index contributed by atoms with van der Waals surface area (Å²) in [6.07, 6.45) is 1.77. The van der Waals surface area contributed by atoms with Crippen molar-refractivity contribution in [2.45, 2.75) is 0 Å². The highest BCUT2D eigenvalue weighted by atomic mass is 16.5. The third-order valence-electron chi connectivity index (χ3n) is 2.22. The van der Waals surface area contributed by atoms with Crippen LogP contribution in [0.5, 0.6) is 5.75 Å². The van der Waals surface area contributed by atoms with Crippen LogP contribution in [0.2, 0.25) is 0 Å². The van der Waals surface area contributed by atoms with E-state index in [-0.39, 0.29) is 0 Å². The minimum atomic E-state index is 0.805. The summed E-state index contributed by atoms with van der Waals surface area (Å²) >= 11 is 0. The molecule has 0 amide bonds. The smallest absolute Gasteiger partial charge is 0.145 e. The van der Waals surface area contributed by atoms with E-state index in [1.54, 1.807) is 13.3 Å². The second-order valence-corrected chi connectivity index (χ2v) is 2.96. The van der Waals surface area contributed by atoms with E-state index in [1.165, 1.54) is 0 Å². The molecule has 2 rings (SSSR count). The van der Waals surface area contributed by atoms with Crippen molar-refractivity contribution in [1.29, 1.82) is 0 Å². The molecule has 0 saturated carbocycles. The zero-order chi connectivity index (χ0) is 9.97. The lowest BCUT2D eigenvalue weighted by molar-refractivity contribution is 0.419. The Balaban J connectivity index is 2.77. The first-order chi connectivity index (χ1) is 6.86. The number of hydrogen-bond acceptors (Lipinski definition) is 3. The topological polar surface area (TPSA) is 34.2 Å². The van der Waals surface area contributed by atoms with Crippen LogP contribution in [0.25, 0.3) is 10.9 Å². The Morgan fingerprint density at radius 2 is 2.14 bits per heavy atom. The standard InChI is InChI=1S/C11H12N2O/c1-12-9-6-7-13-11-8(9)4-3-5-10(11)14-2/h3-7H,1-2H3,(H,12,13). The predicted molar refractivity (Wildman–Crippen MR) is 57.8 cm³/mol. The third-order valence-corrected chi connectivity index (χ3v) is 2.22. The summed E-state index contributed by atoms with van der Waals surface area (Å²) in [5.74, 6) is 0.805. The summed E-state index contributed by atoms with van der Waals surface area (Å²) in [6.45, 7) is 0. The largest absolute Gasteiger partial charge is 0.494 e. The molecule has 1 aromatic heterocycles. The quantitative estimate of drug-likeness (QED) is 0.785. The van der Waals surface area contributed by atoms with Crippen molar-refractivity contribution in [2.75, 3.05) is 19.5 Å². The maximum Gasteiger partial charge on any atom is 0.145 e. The van der Waals surface area contributed by atoms with Crippen molar-refractivity contribution >= 4 is 16.6 Å². The number of nitrogens with one attached hydrogen (secondary N) is 1. The van der Waals surface area contributed by atoms with Gasteiger partial charge in [0, 0.05) is 24.3 Å². The van der Waals surface area contributed by atoms with Crippen molar-refractivity contribution in [1.82, 2.24) is 4.98 Å². The van der Waals surface area contributed by atoms with E-state index < -0.39 is 0 Å². The Morgan fingerprint density at radius 3 is 2.86 bits per heavy atom. The van der Waals surface area contributed by atoms with Crippen LogP contribution in [0.4, 0.5) is 5.69 Å². The van der Waals surface area contributed by atoms with E-state index in [4.69, 9.17) is 4.74 Å². The Kier molecular flexibility index (Phi) is 2.23. The molecule has 0 aliphatic carbocycles. The van der Waals surface area contributed by atoms with Gasteiger partial charge in [-0.3, -0.25) is 4.98 Å². The normalized spacial score (nSPS) is 10.1. The van der Waals surface area contributed by atoms with Gasteiger partial charge in [-0.05, 0) is 12.1 Å². The highest BCUT2D eigenvalue weighted by Crippen LogP contribution is 2.27. The van der Waals surface area contributed by atoms with Gasteiger partial charge in [0.1, 0.15) is 11.3 Å². The molecule has 0 aliphatic rings. The van der Waals surface area contributed by atoms with Crippen molar-refractivity contribution in [3.63, 3.8) is 0 Å². The summed E-state index contributed by atoms with van der Waals surface area (Å²) < 4.78 is 5.24. The number of pyridine rings is 1. The molecular formula is C11H12N2O. The molecular weight excluding hydrogens is 176 g/mol. The Morgan fingerprint density at radius 1 is 1.29 bits per heavy atom. The lowest BCUT2D eigenvalue weighted by Gasteiger charge is -2.07. The molecule has 0 fully saturated rings. The van der Waals surface area contributed by atoms with E-state index in [0.29, 0.717) is 0 Å². The van der Waals surface area contributed by atoms with E-state index in [2.05, 4.69) is 10.3 Å². The van der Waals surface area contributed by atoms with Crippen LogP contribution in [0.15, 0.2) is 30.5 Å². The van der Waals surface area contributed by atoms with Crippen LogP contribution in [0.3, 0.4) is 0 Å². The molecule has 2 aromatic rings. The predicted octanol–water partition coefficient (Wildman–Crippen LogP) is 2.29. The van der Waals surface area contributed by atoms with Gasteiger partial charge in [-0.2, -0.15) is 0 Å². The zero-order valence-electron chi connectivity index (χ0n) is 8.24. The third kappa shape index (κ3) is 1.27. The number of nitrogens with zero attached hydrogens (tertiary/aromatic N) is 1. The number of anilines is 1. The molecule has 0 aliphatic heterocycles. The van der Waals surface area contributed by atoms with Gasteiger partial charge in [-0.15, -0.1) is 0 Å². The minimum Gasteiger partial charge on any atom is -0.494 e.